The second kappa shape index (κ2) is 7.12. The van der Waals surface area contributed by atoms with Crippen LogP contribution in [0.5, 0.6) is 5.75 Å². The van der Waals surface area contributed by atoms with E-state index >= 15 is 0 Å². The summed E-state index contributed by atoms with van der Waals surface area (Å²) in [6, 6.07) is 5.28. The fourth-order valence-electron chi connectivity index (χ4n) is 2.26. The minimum Gasteiger partial charge on any atom is -0.492 e. The first kappa shape index (κ1) is 17.5. The summed E-state index contributed by atoms with van der Waals surface area (Å²) in [6.45, 7) is 3.25. The lowest BCUT2D eigenvalue weighted by molar-refractivity contribution is -0.143. The summed E-state index contributed by atoms with van der Waals surface area (Å²) < 4.78 is 10.1. The van der Waals surface area contributed by atoms with Crippen LogP contribution in [0.4, 0.5) is 4.79 Å². The van der Waals surface area contributed by atoms with Crippen LogP contribution in [0.3, 0.4) is 0 Å². The number of amides is 4. The molecule has 2 rings (SSSR count). The minimum atomic E-state index is -0.861. The van der Waals surface area contributed by atoms with Crippen molar-refractivity contribution in [2.75, 3.05) is 20.3 Å². The van der Waals surface area contributed by atoms with Crippen molar-refractivity contribution >= 4 is 23.8 Å². The van der Waals surface area contributed by atoms with Crippen molar-refractivity contribution in [3.05, 3.63) is 29.8 Å². The largest absolute Gasteiger partial charge is 0.492 e. The fourth-order valence-corrected chi connectivity index (χ4v) is 2.26. The average Bonchev–Trinajstić information content (AvgIpc) is 2.77. The summed E-state index contributed by atoms with van der Waals surface area (Å²) in [5, 5.41) is 0. The molecule has 0 spiro atoms. The third kappa shape index (κ3) is 3.37. The van der Waals surface area contributed by atoms with Crippen molar-refractivity contribution in [2.24, 2.45) is 0 Å². The van der Waals surface area contributed by atoms with Crippen LogP contribution in [-0.2, 0) is 14.3 Å². The van der Waals surface area contributed by atoms with Crippen LogP contribution < -0.4 is 4.74 Å². The maximum atomic E-state index is 12.1. The highest BCUT2D eigenvalue weighted by Crippen LogP contribution is 2.17. The minimum absolute atomic E-state index is 0.00131. The third-order valence-electron chi connectivity index (χ3n) is 3.44. The molecule has 4 amide bonds. The van der Waals surface area contributed by atoms with Gasteiger partial charge in [0.1, 0.15) is 12.4 Å². The summed E-state index contributed by atoms with van der Waals surface area (Å²) >= 11 is 0. The SMILES string of the molecule is COC(=O)c1cccc(OCCN2C(=O)C(=O)N(C(C)C)C2=O)c1. The average molecular weight is 334 g/mol. The molecule has 0 aromatic heterocycles. The predicted octanol–water partition coefficient (Wildman–Crippen LogP) is 1.05. The van der Waals surface area contributed by atoms with Gasteiger partial charge in [0, 0.05) is 6.04 Å². The van der Waals surface area contributed by atoms with E-state index in [1.54, 1.807) is 32.0 Å². The Bertz CT molecular complexity index is 685. The third-order valence-corrected chi connectivity index (χ3v) is 3.44. The Morgan fingerprint density at radius 3 is 2.46 bits per heavy atom. The molecule has 1 aromatic rings. The molecule has 0 saturated carbocycles. The summed E-state index contributed by atoms with van der Waals surface area (Å²) in [5.74, 6) is -1.80. The maximum Gasteiger partial charge on any atom is 0.337 e. The number of hydrogen-bond donors (Lipinski definition) is 0. The highest BCUT2D eigenvalue weighted by molar-refractivity contribution is 6.44. The van der Waals surface area contributed by atoms with E-state index < -0.39 is 29.9 Å². The van der Waals surface area contributed by atoms with Crippen LogP contribution in [0.2, 0.25) is 0 Å². The Labute approximate surface area is 138 Å². The maximum absolute atomic E-state index is 12.1. The van der Waals surface area contributed by atoms with Crippen LogP contribution in [0.25, 0.3) is 0 Å². The van der Waals surface area contributed by atoms with Crippen LogP contribution in [-0.4, -0.2) is 59.9 Å². The lowest BCUT2D eigenvalue weighted by Gasteiger charge is -2.18. The lowest BCUT2D eigenvalue weighted by Crippen LogP contribution is -2.39. The molecule has 24 heavy (non-hydrogen) atoms. The molecule has 1 aliphatic rings. The number of benzene rings is 1. The molecule has 0 bridgehead atoms. The van der Waals surface area contributed by atoms with Crippen molar-refractivity contribution < 1.29 is 28.7 Å². The van der Waals surface area contributed by atoms with Crippen LogP contribution >= 0.6 is 0 Å². The van der Waals surface area contributed by atoms with Crippen molar-refractivity contribution in [1.29, 1.82) is 0 Å². The number of urea groups is 1. The van der Waals surface area contributed by atoms with Crippen LogP contribution in [0, 0.1) is 0 Å². The standard InChI is InChI=1S/C16H18N2O6/c1-10(2)18-14(20)13(19)17(16(18)22)7-8-24-12-6-4-5-11(9-12)15(21)23-3/h4-6,9-10H,7-8H2,1-3H3. The van der Waals surface area contributed by atoms with Gasteiger partial charge in [0.15, 0.2) is 0 Å². The van der Waals surface area contributed by atoms with E-state index in [1.807, 2.05) is 0 Å². The van der Waals surface area contributed by atoms with E-state index in [4.69, 9.17) is 4.74 Å². The second-order valence-electron chi connectivity index (χ2n) is 5.38. The Hall–Kier alpha value is -2.90. The number of carbonyl (C=O) groups excluding carboxylic acids is 4. The molecule has 8 nitrogen and oxygen atoms in total. The number of imide groups is 2. The fraction of sp³-hybridized carbons (Fsp3) is 0.375. The highest BCUT2D eigenvalue weighted by atomic mass is 16.5. The summed E-state index contributed by atoms with van der Waals surface area (Å²) in [6.07, 6.45) is 0. The lowest BCUT2D eigenvalue weighted by atomic mass is 10.2. The number of rotatable bonds is 6. The van der Waals surface area contributed by atoms with Gasteiger partial charge < -0.3 is 9.47 Å². The summed E-state index contributed by atoms with van der Waals surface area (Å²) in [4.78, 5) is 48.9. The Morgan fingerprint density at radius 2 is 1.88 bits per heavy atom. The Balaban J connectivity index is 1.97. The summed E-state index contributed by atoms with van der Waals surface area (Å²) in [7, 11) is 1.28. The van der Waals surface area contributed by atoms with Gasteiger partial charge in [0.05, 0.1) is 19.2 Å². The zero-order chi connectivity index (χ0) is 17.9. The molecule has 1 aliphatic heterocycles. The van der Waals surface area contributed by atoms with Crippen molar-refractivity contribution in [3.63, 3.8) is 0 Å². The van der Waals surface area contributed by atoms with Crippen molar-refractivity contribution in [2.45, 2.75) is 19.9 Å². The molecule has 0 radical (unpaired) electrons. The van der Waals surface area contributed by atoms with E-state index in [0.29, 0.717) is 11.3 Å². The van der Waals surface area contributed by atoms with Gasteiger partial charge in [-0.05, 0) is 32.0 Å². The number of nitrogens with zero attached hydrogens (tertiary/aromatic N) is 2. The Kier molecular flexibility index (Phi) is 5.18. The number of carbonyl (C=O) groups is 4. The van der Waals surface area contributed by atoms with Gasteiger partial charge in [0.25, 0.3) is 0 Å². The quantitative estimate of drug-likeness (QED) is 0.438. The topological polar surface area (TPSA) is 93.2 Å². The molecule has 0 atom stereocenters. The van der Waals surface area contributed by atoms with Crippen LogP contribution in [0.1, 0.15) is 24.2 Å². The van der Waals surface area contributed by atoms with Gasteiger partial charge in [-0.15, -0.1) is 0 Å². The van der Waals surface area contributed by atoms with E-state index in [-0.39, 0.29) is 13.2 Å². The predicted molar refractivity (Wildman–Crippen MR) is 82.4 cm³/mol. The van der Waals surface area contributed by atoms with Gasteiger partial charge in [0.2, 0.25) is 0 Å². The normalized spacial score (nSPS) is 14.6. The zero-order valence-electron chi connectivity index (χ0n) is 13.6. The first-order valence-corrected chi connectivity index (χ1v) is 7.37. The molecule has 0 aliphatic carbocycles. The molecule has 128 valence electrons. The first-order chi connectivity index (χ1) is 11.4. The number of hydrogen-bond acceptors (Lipinski definition) is 6. The van der Waals surface area contributed by atoms with E-state index in [2.05, 4.69) is 4.74 Å². The van der Waals surface area contributed by atoms with Crippen molar-refractivity contribution in [3.8, 4) is 5.75 Å². The molecular formula is C16H18N2O6. The number of esters is 1. The second-order valence-corrected chi connectivity index (χ2v) is 5.38. The van der Waals surface area contributed by atoms with Gasteiger partial charge >= 0.3 is 23.8 Å². The molecule has 1 fully saturated rings. The van der Waals surface area contributed by atoms with E-state index in [0.717, 1.165) is 9.80 Å². The number of ether oxygens (including phenoxy) is 2. The summed E-state index contributed by atoms with van der Waals surface area (Å²) in [5.41, 5.74) is 0.324. The monoisotopic (exact) mass is 334 g/mol. The van der Waals surface area contributed by atoms with Gasteiger partial charge in [-0.1, -0.05) is 6.07 Å². The molecule has 1 heterocycles. The first-order valence-electron chi connectivity index (χ1n) is 7.37. The zero-order valence-corrected chi connectivity index (χ0v) is 13.6. The molecular weight excluding hydrogens is 316 g/mol. The van der Waals surface area contributed by atoms with Crippen molar-refractivity contribution in [1.82, 2.24) is 9.80 Å². The molecule has 1 saturated heterocycles. The van der Waals surface area contributed by atoms with Gasteiger partial charge in [-0.25, -0.2) is 9.59 Å². The Morgan fingerprint density at radius 1 is 1.17 bits per heavy atom. The molecule has 0 unspecified atom stereocenters. The smallest absolute Gasteiger partial charge is 0.337 e. The van der Waals surface area contributed by atoms with E-state index in [9.17, 15) is 19.2 Å². The number of methoxy groups -OCH3 is 1. The molecule has 0 N–H and O–H groups in total. The van der Waals surface area contributed by atoms with Gasteiger partial charge in [-0.2, -0.15) is 0 Å². The van der Waals surface area contributed by atoms with E-state index in [1.165, 1.54) is 13.2 Å². The highest BCUT2D eigenvalue weighted by Gasteiger charge is 2.45. The molecule has 8 heteroatoms. The van der Waals surface area contributed by atoms with Crippen LogP contribution in [0.15, 0.2) is 24.3 Å². The molecule has 1 aromatic carbocycles. The van der Waals surface area contributed by atoms with Gasteiger partial charge in [-0.3, -0.25) is 19.4 Å².